The fraction of sp³-hybridized carbons (Fsp3) is 0.438. The van der Waals surface area contributed by atoms with Crippen LogP contribution in [0.1, 0.15) is 25.0 Å². The van der Waals surface area contributed by atoms with Crippen LogP contribution in [0.5, 0.6) is 0 Å². The van der Waals surface area contributed by atoms with E-state index in [9.17, 15) is 0 Å². The van der Waals surface area contributed by atoms with E-state index in [2.05, 4.69) is 22.4 Å². The molecule has 1 aliphatic heterocycles. The number of rotatable bonds is 3. The Kier molecular flexibility index (Phi) is 4.00. The first-order valence-electron chi connectivity index (χ1n) is 7.02. The number of hydrogen-bond acceptors (Lipinski definition) is 2. The van der Waals surface area contributed by atoms with E-state index in [0.717, 1.165) is 43.1 Å². The molecule has 1 aromatic heterocycles. The zero-order valence-electron chi connectivity index (χ0n) is 11.0. The smallest absolute Gasteiger partial charge is 0.0406 e. The molecule has 1 fully saturated rings. The highest BCUT2D eigenvalue weighted by Gasteiger charge is 2.23. The summed E-state index contributed by atoms with van der Waals surface area (Å²) >= 11 is 6.48. The first-order valence-corrected chi connectivity index (χ1v) is 7.40. The first kappa shape index (κ1) is 12.9. The first-order chi connectivity index (χ1) is 9.33. The Hall–Kier alpha value is -1.12. The van der Waals surface area contributed by atoms with E-state index >= 15 is 0 Å². The number of nitrogens with zero attached hydrogens (tertiary/aromatic N) is 1. The zero-order chi connectivity index (χ0) is 13.1. The number of nitrogens with one attached hydrogen (secondary N) is 1. The Labute approximate surface area is 119 Å². The van der Waals surface area contributed by atoms with Crippen LogP contribution < -0.4 is 5.32 Å². The van der Waals surface area contributed by atoms with Crippen molar-refractivity contribution in [2.75, 3.05) is 13.1 Å². The third-order valence-electron chi connectivity index (χ3n) is 3.97. The van der Waals surface area contributed by atoms with Crippen molar-refractivity contribution in [1.82, 2.24) is 10.3 Å². The molecular weight excluding hydrogens is 256 g/mol. The van der Waals surface area contributed by atoms with Gasteiger partial charge in [0.25, 0.3) is 0 Å². The van der Waals surface area contributed by atoms with Gasteiger partial charge in [0.2, 0.25) is 0 Å². The van der Waals surface area contributed by atoms with Gasteiger partial charge in [0.05, 0.1) is 0 Å². The highest BCUT2D eigenvalue weighted by Crippen LogP contribution is 2.36. The number of aryl methyl sites for hydroxylation is 1. The minimum absolute atomic E-state index is 0.587. The molecule has 2 bridgehead atoms. The van der Waals surface area contributed by atoms with Gasteiger partial charge in [-0.2, -0.15) is 0 Å². The quantitative estimate of drug-likeness (QED) is 0.913. The van der Waals surface area contributed by atoms with Crippen LogP contribution in [-0.4, -0.2) is 18.1 Å². The summed E-state index contributed by atoms with van der Waals surface area (Å²) in [5, 5.41) is 4.46. The number of allylic oxidation sites excluding steroid dienone is 2. The van der Waals surface area contributed by atoms with Crippen LogP contribution in [-0.2, 0) is 6.42 Å². The fourth-order valence-corrected chi connectivity index (χ4v) is 3.39. The number of pyridine rings is 1. The maximum absolute atomic E-state index is 6.48. The highest BCUT2D eigenvalue weighted by atomic mass is 35.5. The van der Waals surface area contributed by atoms with Gasteiger partial charge in [0.1, 0.15) is 0 Å². The van der Waals surface area contributed by atoms with Crippen molar-refractivity contribution >= 4 is 11.6 Å². The van der Waals surface area contributed by atoms with Crippen LogP contribution in [0.2, 0.25) is 0 Å². The topological polar surface area (TPSA) is 24.9 Å². The highest BCUT2D eigenvalue weighted by molar-refractivity contribution is 6.32. The van der Waals surface area contributed by atoms with Crippen LogP contribution in [0.15, 0.2) is 46.7 Å². The molecule has 0 amide bonds. The van der Waals surface area contributed by atoms with Crippen molar-refractivity contribution in [3.8, 4) is 0 Å². The average Bonchev–Trinajstić information content (AvgIpc) is 2.62. The molecule has 3 rings (SSSR count). The minimum atomic E-state index is 0.587. The van der Waals surface area contributed by atoms with Crippen molar-refractivity contribution in [1.29, 1.82) is 0 Å². The third kappa shape index (κ3) is 3.07. The molecule has 0 saturated carbocycles. The molecule has 2 nitrogen and oxygen atoms in total. The molecule has 1 aromatic rings. The summed E-state index contributed by atoms with van der Waals surface area (Å²) in [6.07, 6.45) is 8.39. The fourth-order valence-electron chi connectivity index (χ4n) is 2.98. The predicted octanol–water partition coefficient (Wildman–Crippen LogP) is 3.45. The van der Waals surface area contributed by atoms with Gasteiger partial charge in [0, 0.05) is 23.5 Å². The van der Waals surface area contributed by atoms with Crippen molar-refractivity contribution in [2.45, 2.75) is 25.7 Å². The molecule has 1 N–H and O–H groups in total. The summed E-state index contributed by atoms with van der Waals surface area (Å²) in [4.78, 5) is 4.39. The summed E-state index contributed by atoms with van der Waals surface area (Å²) in [6, 6.07) is 6.09. The molecule has 2 heterocycles. The molecule has 1 unspecified atom stereocenters. The summed E-state index contributed by atoms with van der Waals surface area (Å²) < 4.78 is 0. The second kappa shape index (κ2) is 5.89. The monoisotopic (exact) mass is 274 g/mol. The van der Waals surface area contributed by atoms with E-state index in [1.54, 1.807) is 5.57 Å². The molecular formula is C16H19ClN2. The molecule has 1 saturated heterocycles. The standard InChI is InChI=1S/C16H19ClN2/c17-16-10-12-9-13(6-8-18-11-12)15(16)5-4-14-3-1-2-7-19-14/h1-3,7,10,12,18H,4-6,8-9,11H2. The van der Waals surface area contributed by atoms with Gasteiger partial charge in [0.15, 0.2) is 0 Å². The zero-order valence-corrected chi connectivity index (χ0v) is 11.8. The maximum atomic E-state index is 6.48. The molecule has 0 aromatic carbocycles. The molecule has 1 aliphatic carbocycles. The van der Waals surface area contributed by atoms with Crippen LogP contribution in [0.25, 0.3) is 0 Å². The van der Waals surface area contributed by atoms with Gasteiger partial charge in [-0.05, 0) is 55.9 Å². The normalized spacial score (nSPS) is 23.0. The number of halogens is 1. The Bertz CT molecular complexity index is 505. The van der Waals surface area contributed by atoms with E-state index in [1.165, 1.54) is 12.0 Å². The Balaban J connectivity index is 1.75. The lowest BCUT2D eigenvalue weighted by atomic mass is 9.87. The predicted molar refractivity (Wildman–Crippen MR) is 79.1 cm³/mol. The van der Waals surface area contributed by atoms with Gasteiger partial charge >= 0.3 is 0 Å². The van der Waals surface area contributed by atoms with Crippen LogP contribution >= 0.6 is 11.6 Å². The number of aromatic nitrogens is 1. The van der Waals surface area contributed by atoms with Gasteiger partial charge in [-0.25, -0.2) is 0 Å². The van der Waals surface area contributed by atoms with Crippen molar-refractivity contribution in [3.63, 3.8) is 0 Å². The Morgan fingerprint density at radius 3 is 3.11 bits per heavy atom. The Morgan fingerprint density at radius 1 is 1.32 bits per heavy atom. The van der Waals surface area contributed by atoms with Crippen molar-refractivity contribution in [3.05, 3.63) is 52.3 Å². The van der Waals surface area contributed by atoms with E-state index < -0.39 is 0 Å². The molecule has 0 radical (unpaired) electrons. The summed E-state index contributed by atoms with van der Waals surface area (Å²) in [6.45, 7) is 2.14. The molecule has 2 aliphatic rings. The lowest BCUT2D eigenvalue weighted by Gasteiger charge is -2.22. The molecule has 3 heteroatoms. The third-order valence-corrected chi connectivity index (χ3v) is 4.33. The summed E-state index contributed by atoms with van der Waals surface area (Å²) in [7, 11) is 0. The van der Waals surface area contributed by atoms with Crippen LogP contribution in [0.3, 0.4) is 0 Å². The van der Waals surface area contributed by atoms with Crippen molar-refractivity contribution in [2.24, 2.45) is 5.92 Å². The minimum Gasteiger partial charge on any atom is -0.316 e. The number of hydrogen-bond donors (Lipinski definition) is 1. The molecule has 0 spiro atoms. The SMILES string of the molecule is ClC1=CC2CNCCC(=C1CCc1ccccn1)C2. The van der Waals surface area contributed by atoms with Gasteiger partial charge in [-0.15, -0.1) is 0 Å². The van der Waals surface area contributed by atoms with Crippen molar-refractivity contribution < 1.29 is 0 Å². The molecule has 1 atom stereocenters. The maximum Gasteiger partial charge on any atom is 0.0406 e. The van der Waals surface area contributed by atoms with E-state index in [-0.39, 0.29) is 0 Å². The molecule has 100 valence electrons. The van der Waals surface area contributed by atoms with Crippen LogP contribution in [0.4, 0.5) is 0 Å². The second-order valence-corrected chi connectivity index (χ2v) is 5.74. The largest absolute Gasteiger partial charge is 0.316 e. The lowest BCUT2D eigenvalue weighted by molar-refractivity contribution is 0.594. The van der Waals surface area contributed by atoms with E-state index in [1.807, 2.05) is 18.3 Å². The van der Waals surface area contributed by atoms with E-state index in [4.69, 9.17) is 11.6 Å². The van der Waals surface area contributed by atoms with Gasteiger partial charge < -0.3 is 5.32 Å². The van der Waals surface area contributed by atoms with Gasteiger partial charge in [-0.1, -0.05) is 29.3 Å². The summed E-state index contributed by atoms with van der Waals surface area (Å²) in [5.74, 6) is 0.587. The summed E-state index contributed by atoms with van der Waals surface area (Å²) in [5.41, 5.74) is 4.07. The Morgan fingerprint density at radius 2 is 2.26 bits per heavy atom. The van der Waals surface area contributed by atoms with E-state index in [0.29, 0.717) is 5.92 Å². The van der Waals surface area contributed by atoms with Crippen LogP contribution in [0, 0.1) is 5.92 Å². The lowest BCUT2D eigenvalue weighted by Crippen LogP contribution is -2.19. The number of fused-ring (bicyclic) bond motifs is 2. The average molecular weight is 275 g/mol. The van der Waals surface area contributed by atoms with Gasteiger partial charge in [-0.3, -0.25) is 4.98 Å². The second-order valence-electron chi connectivity index (χ2n) is 5.34. The molecule has 19 heavy (non-hydrogen) atoms.